The summed E-state index contributed by atoms with van der Waals surface area (Å²) in [5.74, 6) is 6.72. The SMILES string of the molecule is COc1ccc(CCN(C)C2CCN(N)CC2)cc1. The standard InChI is InChI=1S/C15H25N3O/c1-17(14-8-11-18(16)12-9-14)10-7-13-3-5-15(19-2)6-4-13/h3-6,14H,7-12,16H2,1-2H3. The summed E-state index contributed by atoms with van der Waals surface area (Å²) in [6.45, 7) is 3.12. The molecule has 1 aliphatic heterocycles. The lowest BCUT2D eigenvalue weighted by atomic mass is 10.0. The van der Waals surface area contributed by atoms with E-state index in [9.17, 15) is 0 Å². The third kappa shape index (κ3) is 4.20. The van der Waals surface area contributed by atoms with Gasteiger partial charge < -0.3 is 9.64 Å². The first kappa shape index (κ1) is 14.3. The van der Waals surface area contributed by atoms with Crippen LogP contribution in [0.1, 0.15) is 18.4 Å². The van der Waals surface area contributed by atoms with E-state index in [1.807, 2.05) is 17.1 Å². The fourth-order valence-electron chi connectivity index (χ4n) is 2.61. The van der Waals surface area contributed by atoms with Crippen LogP contribution in [0.25, 0.3) is 0 Å². The lowest BCUT2D eigenvalue weighted by Gasteiger charge is -2.34. The molecule has 0 atom stereocenters. The normalized spacial score (nSPS) is 17.9. The van der Waals surface area contributed by atoms with Crippen molar-refractivity contribution >= 4 is 0 Å². The summed E-state index contributed by atoms with van der Waals surface area (Å²) < 4.78 is 5.17. The summed E-state index contributed by atoms with van der Waals surface area (Å²) in [4.78, 5) is 2.47. The molecule has 4 heteroatoms. The summed E-state index contributed by atoms with van der Waals surface area (Å²) in [5, 5.41) is 1.92. The predicted molar refractivity (Wildman–Crippen MR) is 78.1 cm³/mol. The average Bonchev–Trinajstić information content (AvgIpc) is 2.46. The van der Waals surface area contributed by atoms with Crippen LogP contribution in [-0.4, -0.2) is 49.7 Å². The Morgan fingerprint density at radius 3 is 2.47 bits per heavy atom. The molecule has 0 spiro atoms. The maximum Gasteiger partial charge on any atom is 0.118 e. The second-order valence-electron chi connectivity index (χ2n) is 5.35. The van der Waals surface area contributed by atoms with Gasteiger partial charge in [-0.05, 0) is 44.0 Å². The number of nitrogens with two attached hydrogens (primary N) is 1. The molecule has 0 aliphatic carbocycles. The fourth-order valence-corrected chi connectivity index (χ4v) is 2.61. The number of benzene rings is 1. The highest BCUT2D eigenvalue weighted by atomic mass is 16.5. The smallest absolute Gasteiger partial charge is 0.118 e. The maximum absolute atomic E-state index is 5.79. The minimum atomic E-state index is 0.679. The summed E-state index contributed by atoms with van der Waals surface area (Å²) in [6, 6.07) is 9.03. The van der Waals surface area contributed by atoms with Gasteiger partial charge in [0, 0.05) is 25.7 Å². The molecule has 2 N–H and O–H groups in total. The van der Waals surface area contributed by atoms with Crippen molar-refractivity contribution < 1.29 is 4.74 Å². The number of piperidine rings is 1. The first-order valence-electron chi connectivity index (χ1n) is 7.02. The lowest BCUT2D eigenvalue weighted by Crippen LogP contribution is -2.46. The van der Waals surface area contributed by atoms with Crippen LogP contribution in [-0.2, 0) is 6.42 Å². The summed E-state index contributed by atoms with van der Waals surface area (Å²) >= 11 is 0. The van der Waals surface area contributed by atoms with Crippen LogP contribution in [0.15, 0.2) is 24.3 Å². The van der Waals surface area contributed by atoms with E-state index in [1.165, 1.54) is 18.4 Å². The zero-order valence-electron chi connectivity index (χ0n) is 12.0. The van der Waals surface area contributed by atoms with Crippen LogP contribution in [0.5, 0.6) is 5.75 Å². The van der Waals surface area contributed by atoms with Gasteiger partial charge in [-0.1, -0.05) is 12.1 Å². The number of ether oxygens (including phenoxy) is 1. The average molecular weight is 263 g/mol. The molecule has 1 aliphatic rings. The van der Waals surface area contributed by atoms with Gasteiger partial charge in [0.25, 0.3) is 0 Å². The number of nitrogens with zero attached hydrogens (tertiary/aromatic N) is 2. The molecule has 4 nitrogen and oxygen atoms in total. The zero-order valence-corrected chi connectivity index (χ0v) is 12.0. The van der Waals surface area contributed by atoms with Gasteiger partial charge in [-0.15, -0.1) is 0 Å². The summed E-state index contributed by atoms with van der Waals surface area (Å²) in [6.07, 6.45) is 3.44. The van der Waals surface area contributed by atoms with E-state index >= 15 is 0 Å². The van der Waals surface area contributed by atoms with Crippen LogP contribution < -0.4 is 10.6 Å². The molecule has 0 radical (unpaired) electrons. The monoisotopic (exact) mass is 263 g/mol. The van der Waals surface area contributed by atoms with E-state index in [1.54, 1.807) is 7.11 Å². The molecule has 0 saturated carbocycles. The Balaban J connectivity index is 1.77. The highest BCUT2D eigenvalue weighted by Crippen LogP contribution is 2.15. The van der Waals surface area contributed by atoms with Gasteiger partial charge in [0.1, 0.15) is 5.75 Å². The second kappa shape index (κ2) is 6.89. The van der Waals surface area contributed by atoms with Gasteiger partial charge in [-0.25, -0.2) is 5.01 Å². The molecule has 1 aromatic rings. The van der Waals surface area contributed by atoms with Crippen LogP contribution in [0.2, 0.25) is 0 Å². The van der Waals surface area contributed by atoms with E-state index in [2.05, 4.69) is 24.1 Å². The van der Waals surface area contributed by atoms with Gasteiger partial charge in [0.15, 0.2) is 0 Å². The van der Waals surface area contributed by atoms with Crippen LogP contribution in [0.4, 0.5) is 0 Å². The zero-order chi connectivity index (χ0) is 13.7. The highest BCUT2D eigenvalue weighted by Gasteiger charge is 2.20. The highest BCUT2D eigenvalue weighted by molar-refractivity contribution is 5.27. The molecule has 1 heterocycles. The fraction of sp³-hybridized carbons (Fsp3) is 0.600. The van der Waals surface area contributed by atoms with E-state index in [0.717, 1.165) is 31.8 Å². The Labute approximate surface area is 116 Å². The molecule has 106 valence electrons. The van der Waals surface area contributed by atoms with E-state index in [-0.39, 0.29) is 0 Å². The van der Waals surface area contributed by atoms with Gasteiger partial charge in [0.2, 0.25) is 0 Å². The Hall–Kier alpha value is -1.10. The topological polar surface area (TPSA) is 41.7 Å². The van der Waals surface area contributed by atoms with E-state index < -0.39 is 0 Å². The van der Waals surface area contributed by atoms with E-state index in [0.29, 0.717) is 6.04 Å². The summed E-state index contributed by atoms with van der Waals surface area (Å²) in [7, 11) is 3.92. The molecule has 1 saturated heterocycles. The molecule has 1 aromatic carbocycles. The number of likely N-dealkylation sites (N-methyl/N-ethyl adjacent to an activating group) is 1. The molecule has 2 rings (SSSR count). The second-order valence-corrected chi connectivity index (χ2v) is 5.35. The third-order valence-electron chi connectivity index (χ3n) is 4.03. The van der Waals surface area contributed by atoms with Crippen molar-refractivity contribution in [3.8, 4) is 5.75 Å². The molecule has 0 unspecified atom stereocenters. The van der Waals surface area contributed by atoms with Crippen molar-refractivity contribution in [3.63, 3.8) is 0 Å². The van der Waals surface area contributed by atoms with Crippen molar-refractivity contribution in [3.05, 3.63) is 29.8 Å². The van der Waals surface area contributed by atoms with Gasteiger partial charge in [-0.3, -0.25) is 5.84 Å². The quantitative estimate of drug-likeness (QED) is 0.818. The van der Waals surface area contributed by atoms with Gasteiger partial charge >= 0.3 is 0 Å². The molecule has 0 bridgehead atoms. The maximum atomic E-state index is 5.79. The number of methoxy groups -OCH3 is 1. The Morgan fingerprint density at radius 1 is 1.26 bits per heavy atom. The number of hydrogen-bond donors (Lipinski definition) is 1. The Kier molecular flexibility index (Phi) is 5.19. The van der Waals surface area contributed by atoms with Crippen molar-refractivity contribution in [2.75, 3.05) is 33.8 Å². The third-order valence-corrected chi connectivity index (χ3v) is 4.03. The molecule has 0 aromatic heterocycles. The molecule has 1 fully saturated rings. The van der Waals surface area contributed by atoms with Gasteiger partial charge in [0.05, 0.1) is 7.11 Å². The first-order chi connectivity index (χ1) is 9.19. The molecule has 19 heavy (non-hydrogen) atoms. The van der Waals surface area contributed by atoms with Crippen molar-refractivity contribution in [1.29, 1.82) is 0 Å². The molecule has 0 amide bonds. The van der Waals surface area contributed by atoms with Crippen LogP contribution in [0.3, 0.4) is 0 Å². The minimum Gasteiger partial charge on any atom is -0.497 e. The van der Waals surface area contributed by atoms with Crippen molar-refractivity contribution in [2.45, 2.75) is 25.3 Å². The minimum absolute atomic E-state index is 0.679. The lowest BCUT2D eigenvalue weighted by molar-refractivity contribution is 0.129. The number of hydrogen-bond acceptors (Lipinski definition) is 4. The first-order valence-corrected chi connectivity index (χ1v) is 7.02. The van der Waals surface area contributed by atoms with Gasteiger partial charge in [-0.2, -0.15) is 0 Å². The van der Waals surface area contributed by atoms with Crippen molar-refractivity contribution in [1.82, 2.24) is 9.91 Å². The number of rotatable bonds is 5. The molecular weight excluding hydrogens is 238 g/mol. The van der Waals surface area contributed by atoms with E-state index in [4.69, 9.17) is 10.6 Å². The van der Waals surface area contributed by atoms with Crippen molar-refractivity contribution in [2.24, 2.45) is 5.84 Å². The Bertz CT molecular complexity index is 371. The van der Waals surface area contributed by atoms with Crippen LogP contribution >= 0.6 is 0 Å². The largest absolute Gasteiger partial charge is 0.497 e. The Morgan fingerprint density at radius 2 is 1.89 bits per heavy atom. The van der Waals surface area contributed by atoms with Crippen LogP contribution in [0, 0.1) is 0 Å². The molecular formula is C15H25N3O. The number of hydrazine groups is 1. The summed E-state index contributed by atoms with van der Waals surface area (Å²) in [5.41, 5.74) is 1.36. The predicted octanol–water partition coefficient (Wildman–Crippen LogP) is 1.51.